The predicted molar refractivity (Wildman–Crippen MR) is 66.9 cm³/mol. The van der Waals surface area contributed by atoms with Gasteiger partial charge in [0.1, 0.15) is 11.1 Å². The first-order chi connectivity index (χ1) is 6.70. The highest BCUT2D eigenvalue weighted by atomic mass is 32.1. The van der Waals surface area contributed by atoms with E-state index >= 15 is 0 Å². The molecular formula is C11H23NO2S. The largest absolute Gasteiger partial charge is 0.394 e. The van der Waals surface area contributed by atoms with Gasteiger partial charge in [0.25, 0.3) is 0 Å². The van der Waals surface area contributed by atoms with E-state index in [4.69, 9.17) is 17.3 Å². The Bertz CT molecular complexity index is 211. The summed E-state index contributed by atoms with van der Waals surface area (Å²) in [5.41, 5.74) is -0.277. The first kappa shape index (κ1) is 14.8. The zero-order valence-electron chi connectivity index (χ0n) is 10.2. The number of nitrogens with one attached hydrogen (secondary N) is 1. The van der Waals surface area contributed by atoms with Gasteiger partial charge >= 0.3 is 0 Å². The SMILES string of the molecule is CC(C)[C@@H](CO)NC(=S)[C@H](O)C(C)(C)C. The molecule has 0 aromatic rings. The fraction of sp³-hybridized carbons (Fsp3) is 0.909. The molecule has 15 heavy (non-hydrogen) atoms. The molecule has 0 fully saturated rings. The summed E-state index contributed by atoms with van der Waals surface area (Å²) in [6.45, 7) is 9.80. The zero-order chi connectivity index (χ0) is 12.2. The monoisotopic (exact) mass is 233 g/mol. The minimum absolute atomic E-state index is 0.0225. The normalized spacial score (nSPS) is 16.3. The van der Waals surface area contributed by atoms with Crippen molar-refractivity contribution in [1.82, 2.24) is 5.32 Å². The molecule has 0 spiro atoms. The van der Waals surface area contributed by atoms with Gasteiger partial charge in [0.05, 0.1) is 12.6 Å². The number of hydrogen-bond donors (Lipinski definition) is 3. The Morgan fingerprint density at radius 1 is 1.33 bits per heavy atom. The third-order valence-corrected chi connectivity index (χ3v) is 2.74. The molecule has 4 heteroatoms. The highest BCUT2D eigenvalue weighted by Gasteiger charge is 2.27. The number of thiocarbonyl (C=S) groups is 1. The topological polar surface area (TPSA) is 52.5 Å². The van der Waals surface area contributed by atoms with Crippen LogP contribution in [-0.2, 0) is 0 Å². The highest BCUT2D eigenvalue weighted by Crippen LogP contribution is 2.20. The Labute approximate surface area is 97.9 Å². The lowest BCUT2D eigenvalue weighted by atomic mass is 9.88. The summed E-state index contributed by atoms with van der Waals surface area (Å²) in [6, 6.07) is -0.0884. The molecule has 0 rings (SSSR count). The first-order valence-corrected chi connectivity index (χ1v) is 5.70. The first-order valence-electron chi connectivity index (χ1n) is 5.29. The van der Waals surface area contributed by atoms with Crippen molar-refractivity contribution in [3.63, 3.8) is 0 Å². The van der Waals surface area contributed by atoms with Crippen LogP contribution in [0.1, 0.15) is 34.6 Å². The van der Waals surface area contributed by atoms with Gasteiger partial charge in [-0.2, -0.15) is 0 Å². The van der Waals surface area contributed by atoms with E-state index in [9.17, 15) is 5.11 Å². The second-order valence-electron chi connectivity index (χ2n) is 5.31. The van der Waals surface area contributed by atoms with Crippen LogP contribution in [0.25, 0.3) is 0 Å². The van der Waals surface area contributed by atoms with E-state index in [0.717, 1.165) is 0 Å². The van der Waals surface area contributed by atoms with Crippen molar-refractivity contribution < 1.29 is 10.2 Å². The lowest BCUT2D eigenvalue weighted by Gasteiger charge is -2.30. The van der Waals surface area contributed by atoms with Crippen molar-refractivity contribution in [2.75, 3.05) is 6.61 Å². The fourth-order valence-corrected chi connectivity index (χ4v) is 1.58. The Balaban J connectivity index is 4.36. The van der Waals surface area contributed by atoms with E-state index in [1.807, 2.05) is 34.6 Å². The average Bonchev–Trinajstić information content (AvgIpc) is 2.10. The van der Waals surface area contributed by atoms with Crippen LogP contribution in [0, 0.1) is 11.3 Å². The molecule has 90 valence electrons. The second kappa shape index (κ2) is 5.77. The van der Waals surface area contributed by atoms with Crippen LogP contribution in [0.2, 0.25) is 0 Å². The van der Waals surface area contributed by atoms with Gasteiger partial charge in [-0.25, -0.2) is 0 Å². The molecule has 0 saturated carbocycles. The van der Waals surface area contributed by atoms with Gasteiger partial charge in [0.15, 0.2) is 0 Å². The molecule has 0 aromatic carbocycles. The molecular weight excluding hydrogens is 210 g/mol. The Hall–Kier alpha value is -0.190. The Morgan fingerprint density at radius 3 is 2.07 bits per heavy atom. The number of aliphatic hydroxyl groups excluding tert-OH is 2. The van der Waals surface area contributed by atoms with E-state index < -0.39 is 6.10 Å². The Morgan fingerprint density at radius 2 is 1.80 bits per heavy atom. The van der Waals surface area contributed by atoms with Gasteiger partial charge in [-0.05, 0) is 11.3 Å². The number of aliphatic hydroxyl groups is 2. The van der Waals surface area contributed by atoms with Gasteiger partial charge in [-0.3, -0.25) is 0 Å². The quantitative estimate of drug-likeness (QED) is 0.641. The van der Waals surface area contributed by atoms with E-state index in [0.29, 0.717) is 4.99 Å². The van der Waals surface area contributed by atoms with E-state index in [1.54, 1.807) is 0 Å². The van der Waals surface area contributed by atoms with Crippen molar-refractivity contribution in [3.05, 3.63) is 0 Å². The Kier molecular flexibility index (Phi) is 5.70. The molecule has 0 aliphatic carbocycles. The standard InChI is InChI=1S/C11H23NO2S/c1-7(2)8(6-13)12-10(15)9(14)11(3,4)5/h7-9,13-14H,6H2,1-5H3,(H,12,15)/t8-,9+/m1/s1. The van der Waals surface area contributed by atoms with Crippen LogP contribution in [-0.4, -0.2) is 34.0 Å². The van der Waals surface area contributed by atoms with Gasteiger partial charge in [-0.1, -0.05) is 46.8 Å². The maximum Gasteiger partial charge on any atom is 0.109 e. The molecule has 0 aliphatic heterocycles. The van der Waals surface area contributed by atoms with Gasteiger partial charge in [0.2, 0.25) is 0 Å². The summed E-state index contributed by atoms with van der Waals surface area (Å²) >= 11 is 5.11. The van der Waals surface area contributed by atoms with Crippen molar-refractivity contribution in [1.29, 1.82) is 0 Å². The molecule has 0 saturated heterocycles. The highest BCUT2D eigenvalue weighted by molar-refractivity contribution is 7.80. The molecule has 0 aromatic heterocycles. The lowest BCUT2D eigenvalue weighted by molar-refractivity contribution is 0.118. The maximum atomic E-state index is 9.90. The van der Waals surface area contributed by atoms with Gasteiger partial charge < -0.3 is 15.5 Å². The van der Waals surface area contributed by atoms with Crippen LogP contribution >= 0.6 is 12.2 Å². The van der Waals surface area contributed by atoms with Gasteiger partial charge in [-0.15, -0.1) is 0 Å². The minimum Gasteiger partial charge on any atom is -0.394 e. The third-order valence-electron chi connectivity index (χ3n) is 2.40. The summed E-state index contributed by atoms with van der Waals surface area (Å²) in [4.78, 5) is 0.412. The van der Waals surface area contributed by atoms with E-state index in [-0.39, 0.29) is 24.0 Å². The second-order valence-corrected chi connectivity index (χ2v) is 5.75. The third kappa shape index (κ3) is 4.91. The summed E-state index contributed by atoms with van der Waals surface area (Å²) in [6.07, 6.45) is -0.680. The summed E-state index contributed by atoms with van der Waals surface area (Å²) in [7, 11) is 0. The van der Waals surface area contributed by atoms with Gasteiger partial charge in [0, 0.05) is 0 Å². The average molecular weight is 233 g/mol. The van der Waals surface area contributed by atoms with Crippen LogP contribution in [0.15, 0.2) is 0 Å². The summed E-state index contributed by atoms with van der Waals surface area (Å²) in [5.74, 6) is 0.278. The fourth-order valence-electron chi connectivity index (χ4n) is 1.08. The van der Waals surface area contributed by atoms with E-state index in [2.05, 4.69) is 5.32 Å². The minimum atomic E-state index is -0.680. The molecule has 0 amide bonds. The molecule has 0 heterocycles. The van der Waals surface area contributed by atoms with Crippen molar-refractivity contribution >= 4 is 17.2 Å². The molecule has 3 N–H and O–H groups in total. The van der Waals surface area contributed by atoms with Crippen molar-refractivity contribution in [3.8, 4) is 0 Å². The summed E-state index contributed by atoms with van der Waals surface area (Å²) < 4.78 is 0. The smallest absolute Gasteiger partial charge is 0.109 e. The van der Waals surface area contributed by atoms with Crippen LogP contribution in [0.4, 0.5) is 0 Å². The number of hydrogen-bond acceptors (Lipinski definition) is 3. The van der Waals surface area contributed by atoms with Crippen molar-refractivity contribution in [2.24, 2.45) is 11.3 Å². The van der Waals surface area contributed by atoms with Crippen LogP contribution in [0.3, 0.4) is 0 Å². The molecule has 2 atom stereocenters. The van der Waals surface area contributed by atoms with Crippen LogP contribution < -0.4 is 5.32 Å². The molecule has 0 aliphatic rings. The molecule has 0 unspecified atom stereocenters. The zero-order valence-corrected chi connectivity index (χ0v) is 11.1. The predicted octanol–water partition coefficient (Wildman–Crippen LogP) is 1.33. The molecule has 0 radical (unpaired) electrons. The maximum absolute atomic E-state index is 9.90. The summed E-state index contributed by atoms with van der Waals surface area (Å²) in [5, 5.41) is 22.0. The van der Waals surface area contributed by atoms with Crippen LogP contribution in [0.5, 0.6) is 0 Å². The lowest BCUT2D eigenvalue weighted by Crippen LogP contribution is -2.48. The number of rotatable bonds is 4. The molecule has 3 nitrogen and oxygen atoms in total. The van der Waals surface area contributed by atoms with E-state index in [1.165, 1.54) is 0 Å². The van der Waals surface area contributed by atoms with Crippen molar-refractivity contribution in [2.45, 2.75) is 46.8 Å². The molecule has 0 bridgehead atoms.